The summed E-state index contributed by atoms with van der Waals surface area (Å²) in [6, 6.07) is 0. The molecule has 0 saturated heterocycles. The Balaban J connectivity index is 3.15. The van der Waals surface area contributed by atoms with Gasteiger partial charge < -0.3 is 0 Å². The first-order valence-electron chi connectivity index (χ1n) is 1.68. The maximum absolute atomic E-state index is 9.54. The van der Waals surface area contributed by atoms with Crippen LogP contribution in [0.2, 0.25) is 0 Å². The summed E-state index contributed by atoms with van der Waals surface area (Å²) in [4.78, 5) is 18.5. The average Bonchev–Trinajstić information content (AvgIpc) is 1.68. The number of rotatable bonds is 3. The average molecular weight is 163 g/mol. The van der Waals surface area contributed by atoms with Gasteiger partial charge in [-0.05, 0) is 0 Å². The summed E-state index contributed by atoms with van der Waals surface area (Å²) in [7, 11) is 0. The van der Waals surface area contributed by atoms with Crippen LogP contribution in [0.1, 0.15) is 6.42 Å². The SMILES string of the molecule is O=[C]CC(Br)[C]=O. The van der Waals surface area contributed by atoms with E-state index in [2.05, 4.69) is 15.9 Å². The van der Waals surface area contributed by atoms with E-state index in [0.29, 0.717) is 0 Å². The lowest BCUT2D eigenvalue weighted by atomic mass is 10.4. The highest BCUT2D eigenvalue weighted by atomic mass is 79.9. The van der Waals surface area contributed by atoms with Gasteiger partial charge in [0, 0.05) is 6.42 Å². The first-order chi connectivity index (χ1) is 3.31. The zero-order chi connectivity index (χ0) is 5.70. The summed E-state index contributed by atoms with van der Waals surface area (Å²) in [5, 5.41) is 0. The standard InChI is InChI=1S/C4H3BrO2/c5-4(3-7)1-2-6/h4H,1H2. The normalized spacial score (nSPS) is 12.7. The zero-order valence-electron chi connectivity index (χ0n) is 3.48. The molecule has 1 unspecified atom stereocenters. The maximum atomic E-state index is 9.54. The van der Waals surface area contributed by atoms with Crippen LogP contribution in [0.5, 0.6) is 0 Å². The van der Waals surface area contributed by atoms with Crippen molar-refractivity contribution in [1.29, 1.82) is 0 Å². The van der Waals surface area contributed by atoms with Crippen LogP contribution in [0.15, 0.2) is 0 Å². The van der Waals surface area contributed by atoms with Crippen molar-refractivity contribution in [2.24, 2.45) is 0 Å². The molecule has 0 N–H and O–H groups in total. The first-order valence-corrected chi connectivity index (χ1v) is 2.59. The van der Waals surface area contributed by atoms with Crippen LogP contribution in [0, 0.1) is 0 Å². The fraction of sp³-hybridized carbons (Fsp3) is 0.500. The van der Waals surface area contributed by atoms with E-state index in [-0.39, 0.29) is 6.42 Å². The molecule has 1 atom stereocenters. The van der Waals surface area contributed by atoms with Crippen LogP contribution < -0.4 is 0 Å². The molecule has 0 spiro atoms. The van der Waals surface area contributed by atoms with Gasteiger partial charge in [-0.15, -0.1) is 0 Å². The lowest BCUT2D eigenvalue weighted by molar-refractivity contribution is 0.542. The van der Waals surface area contributed by atoms with E-state index in [4.69, 9.17) is 0 Å². The molecule has 0 aromatic carbocycles. The molecule has 7 heavy (non-hydrogen) atoms. The first kappa shape index (κ1) is 6.82. The molecule has 3 heteroatoms. The van der Waals surface area contributed by atoms with Gasteiger partial charge in [0.15, 0.2) is 6.29 Å². The van der Waals surface area contributed by atoms with E-state index in [1.165, 1.54) is 0 Å². The number of hydrogen-bond donors (Lipinski definition) is 0. The predicted molar refractivity (Wildman–Crippen MR) is 28.7 cm³/mol. The van der Waals surface area contributed by atoms with Gasteiger partial charge in [0.25, 0.3) is 0 Å². The monoisotopic (exact) mass is 162 g/mol. The molecule has 0 aromatic heterocycles. The Morgan fingerprint density at radius 3 is 2.29 bits per heavy atom. The summed E-state index contributed by atoms with van der Waals surface area (Å²) in [5.74, 6) is 0. The van der Waals surface area contributed by atoms with Gasteiger partial charge in [0.05, 0.1) is 4.83 Å². The molecule has 0 fully saturated rings. The number of alkyl halides is 1. The van der Waals surface area contributed by atoms with Crippen LogP contribution in [-0.2, 0) is 9.59 Å². The summed E-state index contributed by atoms with van der Waals surface area (Å²) in [5.41, 5.74) is 0. The lowest BCUT2D eigenvalue weighted by Gasteiger charge is -1.84. The van der Waals surface area contributed by atoms with Crippen LogP contribution in [0.25, 0.3) is 0 Å². The molecule has 0 aliphatic heterocycles. The maximum Gasteiger partial charge on any atom is 0.213 e. The van der Waals surface area contributed by atoms with E-state index in [1.807, 2.05) is 0 Å². The van der Waals surface area contributed by atoms with Gasteiger partial charge in [0.1, 0.15) is 0 Å². The van der Waals surface area contributed by atoms with Crippen LogP contribution >= 0.6 is 15.9 Å². The lowest BCUT2D eigenvalue weighted by Crippen LogP contribution is -1.97. The molecule has 0 amide bonds. The number of carbonyl (C=O) groups excluding carboxylic acids is 2. The molecule has 0 saturated carbocycles. The van der Waals surface area contributed by atoms with E-state index in [1.54, 1.807) is 12.6 Å². The Labute approximate surface area is 50.0 Å². The minimum Gasteiger partial charge on any atom is -0.291 e. The van der Waals surface area contributed by atoms with E-state index >= 15 is 0 Å². The van der Waals surface area contributed by atoms with Crippen molar-refractivity contribution in [3.05, 3.63) is 0 Å². The fourth-order valence-corrected chi connectivity index (χ4v) is 0.247. The fourth-order valence-electron chi connectivity index (χ4n) is 0.115. The van der Waals surface area contributed by atoms with Crippen LogP contribution in [0.4, 0.5) is 0 Å². The van der Waals surface area contributed by atoms with Crippen LogP contribution in [-0.4, -0.2) is 17.4 Å². The van der Waals surface area contributed by atoms with Crippen molar-refractivity contribution in [1.82, 2.24) is 0 Å². The topological polar surface area (TPSA) is 34.1 Å². The third-order valence-corrected chi connectivity index (χ3v) is 0.901. The molecule has 2 nitrogen and oxygen atoms in total. The Hall–Kier alpha value is -0.180. The molecule has 0 rings (SSSR count). The Morgan fingerprint density at radius 2 is 2.14 bits per heavy atom. The van der Waals surface area contributed by atoms with Crippen molar-refractivity contribution in [3.63, 3.8) is 0 Å². The van der Waals surface area contributed by atoms with Gasteiger partial charge in [-0.2, -0.15) is 0 Å². The minimum atomic E-state index is -0.468. The minimum absolute atomic E-state index is 0.0868. The smallest absolute Gasteiger partial charge is 0.213 e. The van der Waals surface area contributed by atoms with Gasteiger partial charge in [-0.3, -0.25) is 9.59 Å². The van der Waals surface area contributed by atoms with E-state index in [9.17, 15) is 9.59 Å². The number of halogens is 1. The molecular weight excluding hydrogens is 160 g/mol. The second kappa shape index (κ2) is 3.99. The molecule has 2 radical (unpaired) electrons. The predicted octanol–water partition coefficient (Wildman–Crippen LogP) is 0.359. The van der Waals surface area contributed by atoms with E-state index in [0.717, 1.165) is 0 Å². The molecule has 0 aliphatic rings. The summed E-state index contributed by atoms with van der Waals surface area (Å²) in [6.07, 6.45) is 3.22. The highest BCUT2D eigenvalue weighted by Crippen LogP contribution is 1.96. The van der Waals surface area contributed by atoms with Crippen LogP contribution in [0.3, 0.4) is 0 Å². The van der Waals surface area contributed by atoms with Gasteiger partial charge >= 0.3 is 0 Å². The zero-order valence-corrected chi connectivity index (χ0v) is 5.06. The highest BCUT2D eigenvalue weighted by molar-refractivity contribution is 9.10. The van der Waals surface area contributed by atoms with Crippen molar-refractivity contribution < 1.29 is 9.59 Å². The third kappa shape index (κ3) is 3.66. The van der Waals surface area contributed by atoms with Crippen molar-refractivity contribution in [2.75, 3.05) is 0 Å². The highest BCUT2D eigenvalue weighted by Gasteiger charge is 1.99. The largest absolute Gasteiger partial charge is 0.291 e. The summed E-state index contributed by atoms with van der Waals surface area (Å²) >= 11 is 2.85. The van der Waals surface area contributed by atoms with Crippen molar-refractivity contribution in [2.45, 2.75) is 11.2 Å². The quantitative estimate of drug-likeness (QED) is 0.562. The summed E-state index contributed by atoms with van der Waals surface area (Å²) < 4.78 is 0. The van der Waals surface area contributed by atoms with Gasteiger partial charge in [0.2, 0.25) is 6.29 Å². The second-order valence-corrected chi connectivity index (χ2v) is 2.04. The van der Waals surface area contributed by atoms with Gasteiger partial charge in [-0.25, -0.2) is 0 Å². The van der Waals surface area contributed by atoms with Crippen molar-refractivity contribution in [3.8, 4) is 0 Å². The molecule has 0 aliphatic carbocycles. The Kier molecular flexibility index (Phi) is 3.89. The molecule has 0 heterocycles. The molecule has 0 bridgehead atoms. The molecule has 0 aromatic rings. The molecule has 38 valence electrons. The number of hydrogen-bond acceptors (Lipinski definition) is 2. The second-order valence-electron chi connectivity index (χ2n) is 0.934. The molecular formula is C4H3BrO2. The Morgan fingerprint density at radius 1 is 1.57 bits per heavy atom. The third-order valence-electron chi connectivity index (χ3n) is 0.390. The Bertz CT molecular complexity index is 72.1. The van der Waals surface area contributed by atoms with Gasteiger partial charge in [-0.1, -0.05) is 15.9 Å². The summed E-state index contributed by atoms with van der Waals surface area (Å²) in [6.45, 7) is 0. The van der Waals surface area contributed by atoms with E-state index < -0.39 is 4.83 Å². The van der Waals surface area contributed by atoms with Crippen molar-refractivity contribution >= 4 is 28.5 Å².